The topological polar surface area (TPSA) is 57.8 Å². The lowest BCUT2D eigenvalue weighted by atomic mass is 9.93. The first-order valence-corrected chi connectivity index (χ1v) is 11.3. The van der Waals surface area contributed by atoms with Crippen molar-refractivity contribution in [3.05, 3.63) is 69.2 Å². The van der Waals surface area contributed by atoms with Crippen molar-refractivity contribution in [1.82, 2.24) is 15.5 Å². The van der Waals surface area contributed by atoms with Crippen LogP contribution in [-0.4, -0.2) is 27.1 Å². The molecule has 1 atom stereocenters. The number of halogens is 4. The number of carbonyl (C=O) groups excluding carboxylic acids is 1. The van der Waals surface area contributed by atoms with Crippen LogP contribution in [0.2, 0.25) is 5.02 Å². The molecular weight excluding hydrogens is 455 g/mol. The highest BCUT2D eigenvalue weighted by molar-refractivity contribution is 8.19. The van der Waals surface area contributed by atoms with Crippen molar-refractivity contribution in [1.29, 1.82) is 0 Å². The van der Waals surface area contributed by atoms with Crippen molar-refractivity contribution >= 4 is 57.5 Å². The molecule has 0 aliphatic carbocycles. The van der Waals surface area contributed by atoms with E-state index < -0.39 is 11.7 Å². The van der Waals surface area contributed by atoms with E-state index in [-0.39, 0.29) is 27.6 Å². The molecule has 1 aliphatic rings. The molecule has 3 aromatic rings. The third-order valence-electron chi connectivity index (χ3n) is 4.70. The molecule has 1 amide bonds. The van der Waals surface area contributed by atoms with Gasteiger partial charge in [-0.15, -0.1) is 11.8 Å². The zero-order valence-corrected chi connectivity index (χ0v) is 17.9. The summed E-state index contributed by atoms with van der Waals surface area (Å²) in [5.74, 6) is -0.288. The van der Waals surface area contributed by atoms with E-state index in [4.69, 9.17) is 11.6 Å². The number of aromatic nitrogens is 2. The van der Waals surface area contributed by atoms with Gasteiger partial charge in [-0.05, 0) is 53.6 Å². The molecule has 1 unspecified atom stereocenters. The fourth-order valence-electron chi connectivity index (χ4n) is 3.28. The molecule has 0 bridgehead atoms. The summed E-state index contributed by atoms with van der Waals surface area (Å²) >= 11 is 8.60. The summed E-state index contributed by atoms with van der Waals surface area (Å²) in [7, 11) is 0. The largest absolute Gasteiger partial charge is 0.416 e. The zero-order valence-electron chi connectivity index (χ0n) is 15.5. The minimum atomic E-state index is -4.56. The molecule has 10 heteroatoms. The Kier molecular flexibility index (Phi) is 5.78. The fourth-order valence-corrected chi connectivity index (χ4v) is 5.23. The SMILES string of the molecule is CSC1NC(=O)C(=C(Cc2ccc(Cl)cc2C(F)(F)F)c2ccc3[nH]ncc3c2)S1. The van der Waals surface area contributed by atoms with Gasteiger partial charge in [0.1, 0.15) is 4.71 Å². The van der Waals surface area contributed by atoms with E-state index in [0.29, 0.717) is 16.0 Å². The monoisotopic (exact) mass is 469 g/mol. The average Bonchev–Trinajstić information content (AvgIpc) is 3.32. The van der Waals surface area contributed by atoms with Crippen molar-refractivity contribution in [3.63, 3.8) is 0 Å². The van der Waals surface area contributed by atoms with Gasteiger partial charge in [0.25, 0.3) is 5.91 Å². The molecule has 4 nitrogen and oxygen atoms in total. The van der Waals surface area contributed by atoms with Crippen LogP contribution < -0.4 is 5.32 Å². The Bertz CT molecular complexity index is 1160. The normalized spacial score (nSPS) is 18.7. The summed E-state index contributed by atoms with van der Waals surface area (Å²) in [6, 6.07) is 9.13. The lowest BCUT2D eigenvalue weighted by molar-refractivity contribution is -0.138. The Balaban J connectivity index is 1.86. The predicted octanol–water partition coefficient (Wildman–Crippen LogP) is 5.70. The number of aromatic amines is 1. The average molecular weight is 470 g/mol. The lowest BCUT2D eigenvalue weighted by Crippen LogP contribution is -2.21. The summed E-state index contributed by atoms with van der Waals surface area (Å²) in [5.41, 5.74) is 1.26. The van der Waals surface area contributed by atoms with Crippen molar-refractivity contribution in [2.24, 2.45) is 0 Å². The zero-order chi connectivity index (χ0) is 21.5. The Morgan fingerprint density at radius 2 is 2.07 bits per heavy atom. The highest BCUT2D eigenvalue weighted by atomic mass is 35.5. The number of hydrogen-bond acceptors (Lipinski definition) is 4. The van der Waals surface area contributed by atoms with E-state index in [2.05, 4.69) is 15.5 Å². The van der Waals surface area contributed by atoms with Gasteiger partial charge in [0.2, 0.25) is 0 Å². The highest BCUT2D eigenvalue weighted by Gasteiger charge is 2.35. The summed E-state index contributed by atoms with van der Waals surface area (Å²) < 4.78 is 40.7. The maximum atomic E-state index is 13.6. The number of benzene rings is 2. The van der Waals surface area contributed by atoms with E-state index in [1.165, 1.54) is 35.7 Å². The standard InChI is InChI=1S/C20H15ClF3N3OS2/c1-29-19-26-18(28)17(30-19)14(10-3-5-16-12(6-10)9-25-27-16)7-11-2-4-13(21)8-15(11)20(22,23)24/h2-6,8-9,19H,7H2,1H3,(H,25,27)(H,26,28). The van der Waals surface area contributed by atoms with Gasteiger partial charge in [0, 0.05) is 10.4 Å². The summed E-state index contributed by atoms with van der Waals surface area (Å²) in [6.45, 7) is 0. The van der Waals surface area contributed by atoms with Gasteiger partial charge in [-0.25, -0.2) is 0 Å². The molecule has 2 aromatic carbocycles. The smallest absolute Gasteiger partial charge is 0.331 e. The number of allylic oxidation sites excluding steroid dienone is 1. The van der Waals surface area contributed by atoms with E-state index in [1.807, 2.05) is 12.3 Å². The second-order valence-corrected chi connectivity index (χ2v) is 9.41. The first-order valence-electron chi connectivity index (χ1n) is 8.79. The van der Waals surface area contributed by atoms with Crippen molar-refractivity contribution in [2.45, 2.75) is 17.3 Å². The first kappa shape index (κ1) is 21.1. The van der Waals surface area contributed by atoms with Crippen LogP contribution in [0.25, 0.3) is 16.5 Å². The first-order chi connectivity index (χ1) is 14.3. The van der Waals surface area contributed by atoms with Gasteiger partial charge in [-0.3, -0.25) is 9.89 Å². The second-order valence-electron chi connectivity index (χ2n) is 6.61. The van der Waals surface area contributed by atoms with E-state index >= 15 is 0 Å². The minimum Gasteiger partial charge on any atom is -0.331 e. The molecule has 1 saturated heterocycles. The Hall–Kier alpha value is -2.10. The van der Waals surface area contributed by atoms with Crippen molar-refractivity contribution in [2.75, 3.05) is 6.26 Å². The molecule has 0 saturated carbocycles. The number of hydrogen-bond donors (Lipinski definition) is 2. The van der Waals surface area contributed by atoms with Crippen LogP contribution in [0.3, 0.4) is 0 Å². The van der Waals surface area contributed by atoms with Crippen LogP contribution in [0.5, 0.6) is 0 Å². The van der Waals surface area contributed by atoms with Gasteiger partial charge < -0.3 is 5.32 Å². The molecule has 1 aromatic heterocycles. The molecule has 4 rings (SSSR count). The number of nitrogens with one attached hydrogen (secondary N) is 2. The summed E-state index contributed by atoms with van der Waals surface area (Å²) in [4.78, 5) is 13.1. The highest BCUT2D eigenvalue weighted by Crippen LogP contribution is 2.42. The van der Waals surface area contributed by atoms with Crippen LogP contribution in [-0.2, 0) is 17.4 Å². The number of H-pyrrole nitrogens is 1. The second kappa shape index (κ2) is 8.20. The number of alkyl halides is 3. The minimum absolute atomic E-state index is 0.00975. The predicted molar refractivity (Wildman–Crippen MR) is 116 cm³/mol. The number of amides is 1. The maximum absolute atomic E-state index is 13.6. The van der Waals surface area contributed by atoms with Gasteiger partial charge >= 0.3 is 6.18 Å². The Morgan fingerprint density at radius 3 is 2.77 bits per heavy atom. The van der Waals surface area contributed by atoms with Crippen molar-refractivity contribution in [3.8, 4) is 0 Å². The van der Waals surface area contributed by atoms with Crippen LogP contribution in [0.15, 0.2) is 47.5 Å². The molecule has 2 N–H and O–H groups in total. The van der Waals surface area contributed by atoms with Crippen LogP contribution in [0, 0.1) is 0 Å². The molecule has 0 radical (unpaired) electrons. The maximum Gasteiger partial charge on any atom is 0.416 e. The Labute approximate surface area is 183 Å². The lowest BCUT2D eigenvalue weighted by Gasteiger charge is -2.16. The van der Waals surface area contributed by atoms with Gasteiger partial charge in [0.05, 0.1) is 22.2 Å². The van der Waals surface area contributed by atoms with Crippen LogP contribution in [0.1, 0.15) is 16.7 Å². The van der Waals surface area contributed by atoms with Crippen molar-refractivity contribution < 1.29 is 18.0 Å². The van der Waals surface area contributed by atoms with Crippen LogP contribution >= 0.6 is 35.1 Å². The summed E-state index contributed by atoms with van der Waals surface area (Å²) in [6.07, 6.45) is -1.13. The number of thioether (sulfide) groups is 2. The van der Waals surface area contributed by atoms with Gasteiger partial charge in [-0.1, -0.05) is 35.5 Å². The van der Waals surface area contributed by atoms with E-state index in [0.717, 1.165) is 17.0 Å². The molecular formula is C20H15ClF3N3OS2. The van der Waals surface area contributed by atoms with Crippen LogP contribution in [0.4, 0.5) is 13.2 Å². The molecule has 156 valence electrons. The van der Waals surface area contributed by atoms with Gasteiger partial charge in [-0.2, -0.15) is 18.3 Å². The number of fused-ring (bicyclic) bond motifs is 1. The fraction of sp³-hybridized carbons (Fsp3) is 0.200. The number of carbonyl (C=O) groups is 1. The Morgan fingerprint density at radius 1 is 1.27 bits per heavy atom. The third kappa shape index (κ3) is 4.19. The number of nitrogens with zero attached hydrogens (tertiary/aromatic N) is 1. The molecule has 30 heavy (non-hydrogen) atoms. The molecule has 2 heterocycles. The molecule has 1 aliphatic heterocycles. The molecule has 0 spiro atoms. The van der Waals surface area contributed by atoms with E-state index in [9.17, 15) is 18.0 Å². The summed E-state index contributed by atoms with van der Waals surface area (Å²) in [5, 5.41) is 10.5. The molecule has 1 fully saturated rings. The quantitative estimate of drug-likeness (QED) is 0.481. The van der Waals surface area contributed by atoms with Gasteiger partial charge in [0.15, 0.2) is 0 Å². The van der Waals surface area contributed by atoms with E-state index in [1.54, 1.807) is 18.3 Å². The number of rotatable bonds is 4. The third-order valence-corrected chi connectivity index (χ3v) is 7.35.